The number of nitrogens with zero attached hydrogens (tertiary/aromatic N) is 1. The molecule has 1 aliphatic rings. The molecule has 6 heteroatoms. The lowest BCUT2D eigenvalue weighted by molar-refractivity contribution is -0.133. The molecule has 23 heavy (non-hydrogen) atoms. The zero-order valence-corrected chi connectivity index (χ0v) is 15.1. The zero-order chi connectivity index (χ0) is 16.9. The number of halogens is 1. The Morgan fingerprint density at radius 2 is 2.09 bits per heavy atom. The molecule has 0 N–H and O–H groups in total. The van der Waals surface area contributed by atoms with Gasteiger partial charge in [-0.05, 0) is 30.9 Å². The van der Waals surface area contributed by atoms with Crippen LogP contribution in [0.4, 0.5) is 0 Å². The summed E-state index contributed by atoms with van der Waals surface area (Å²) in [6.45, 7) is 2.70. The Hall–Kier alpha value is -1.07. The number of hydrogen-bond donors (Lipinski definition) is 0. The second kappa shape index (κ2) is 8.15. The Morgan fingerprint density at radius 3 is 2.70 bits per heavy atom. The Morgan fingerprint density at radius 1 is 1.35 bits per heavy atom. The maximum atomic E-state index is 12.6. The van der Waals surface area contributed by atoms with Crippen molar-refractivity contribution in [3.8, 4) is 0 Å². The fourth-order valence-electron chi connectivity index (χ4n) is 2.95. The summed E-state index contributed by atoms with van der Waals surface area (Å²) in [5.41, 5.74) is 0.956. The molecule has 2 rings (SSSR count). The van der Waals surface area contributed by atoms with E-state index in [1.165, 1.54) is 0 Å². The first-order valence-corrected chi connectivity index (χ1v) is 10.4. The summed E-state index contributed by atoms with van der Waals surface area (Å²) in [4.78, 5) is 14.4. The van der Waals surface area contributed by atoms with Gasteiger partial charge in [0.2, 0.25) is 5.91 Å². The van der Waals surface area contributed by atoms with E-state index in [1.807, 2.05) is 24.3 Å². The maximum absolute atomic E-state index is 12.6. The number of sulfone groups is 1. The molecule has 0 saturated carbocycles. The third-order valence-electron chi connectivity index (χ3n) is 4.29. The van der Waals surface area contributed by atoms with Gasteiger partial charge in [-0.25, -0.2) is 8.42 Å². The second-order valence-corrected chi connectivity index (χ2v) is 8.72. The molecule has 1 amide bonds. The molecular formula is C17H24ClNO3S. The van der Waals surface area contributed by atoms with Crippen molar-refractivity contribution in [2.45, 2.75) is 45.1 Å². The second-order valence-electron chi connectivity index (χ2n) is 6.09. The van der Waals surface area contributed by atoms with Gasteiger partial charge in [0, 0.05) is 24.0 Å². The van der Waals surface area contributed by atoms with Crippen LogP contribution < -0.4 is 0 Å². The van der Waals surface area contributed by atoms with Gasteiger partial charge < -0.3 is 4.90 Å². The maximum Gasteiger partial charge on any atom is 0.223 e. The van der Waals surface area contributed by atoms with Crippen LogP contribution in [0.25, 0.3) is 0 Å². The smallest absolute Gasteiger partial charge is 0.223 e. The molecule has 1 fully saturated rings. The minimum absolute atomic E-state index is 0.0282. The first kappa shape index (κ1) is 18.3. The average Bonchev–Trinajstić information content (AvgIpc) is 2.87. The minimum Gasteiger partial charge on any atom is -0.339 e. The van der Waals surface area contributed by atoms with Crippen LogP contribution in [-0.4, -0.2) is 43.3 Å². The van der Waals surface area contributed by atoms with E-state index in [4.69, 9.17) is 11.6 Å². The average molecular weight is 358 g/mol. The quantitative estimate of drug-likeness (QED) is 0.753. The standard InChI is InChI=1S/C17H24ClNO3S/c1-2-3-11-19(15-10-12-23(21,22)13-15)17(20)9-8-14-6-4-5-7-16(14)18/h4-7,15H,2-3,8-13H2,1H3. The highest BCUT2D eigenvalue weighted by atomic mass is 35.5. The number of benzene rings is 1. The molecule has 1 aromatic rings. The molecule has 1 aromatic carbocycles. The molecule has 0 radical (unpaired) electrons. The van der Waals surface area contributed by atoms with Crippen molar-refractivity contribution >= 4 is 27.3 Å². The van der Waals surface area contributed by atoms with Gasteiger partial charge in [0.25, 0.3) is 0 Å². The van der Waals surface area contributed by atoms with Gasteiger partial charge in [0.1, 0.15) is 0 Å². The normalized spacial score (nSPS) is 19.7. The molecule has 0 aromatic heterocycles. The molecule has 0 spiro atoms. The summed E-state index contributed by atoms with van der Waals surface area (Å²) in [6.07, 6.45) is 3.39. The number of aryl methyl sites for hydroxylation is 1. The molecule has 4 nitrogen and oxygen atoms in total. The molecule has 1 unspecified atom stereocenters. The fraction of sp³-hybridized carbons (Fsp3) is 0.588. The number of amides is 1. The van der Waals surface area contributed by atoms with Gasteiger partial charge in [0.15, 0.2) is 9.84 Å². The van der Waals surface area contributed by atoms with E-state index in [0.29, 0.717) is 30.8 Å². The van der Waals surface area contributed by atoms with E-state index in [-0.39, 0.29) is 23.5 Å². The number of rotatable bonds is 7. The highest BCUT2D eigenvalue weighted by molar-refractivity contribution is 7.91. The van der Waals surface area contributed by atoms with Crippen LogP contribution in [0.5, 0.6) is 0 Å². The number of hydrogen-bond acceptors (Lipinski definition) is 3. The lowest BCUT2D eigenvalue weighted by Gasteiger charge is -2.28. The van der Waals surface area contributed by atoms with Crippen molar-refractivity contribution < 1.29 is 13.2 Å². The Bertz CT molecular complexity index is 645. The fourth-order valence-corrected chi connectivity index (χ4v) is 4.91. The number of carbonyl (C=O) groups is 1. The first-order valence-electron chi connectivity index (χ1n) is 8.16. The van der Waals surface area contributed by atoms with Crippen molar-refractivity contribution in [1.82, 2.24) is 4.90 Å². The Balaban J connectivity index is 2.00. The van der Waals surface area contributed by atoms with Crippen LogP contribution in [-0.2, 0) is 21.1 Å². The minimum atomic E-state index is -2.99. The monoisotopic (exact) mass is 357 g/mol. The molecular weight excluding hydrogens is 334 g/mol. The molecule has 1 heterocycles. The summed E-state index contributed by atoms with van der Waals surface area (Å²) < 4.78 is 23.4. The van der Waals surface area contributed by atoms with Crippen LogP contribution in [0, 0.1) is 0 Å². The Kier molecular flexibility index (Phi) is 6.48. The zero-order valence-electron chi connectivity index (χ0n) is 13.5. The molecule has 128 valence electrons. The molecule has 1 aliphatic heterocycles. The van der Waals surface area contributed by atoms with Crippen molar-refractivity contribution in [3.63, 3.8) is 0 Å². The third kappa shape index (κ3) is 5.21. The van der Waals surface area contributed by atoms with Crippen LogP contribution in [0.15, 0.2) is 24.3 Å². The molecule has 1 atom stereocenters. The third-order valence-corrected chi connectivity index (χ3v) is 6.41. The summed E-state index contributed by atoms with van der Waals surface area (Å²) in [6, 6.07) is 7.35. The Labute approximate surface area is 143 Å². The van der Waals surface area contributed by atoms with Crippen molar-refractivity contribution in [2.75, 3.05) is 18.1 Å². The summed E-state index contributed by atoms with van der Waals surface area (Å²) in [5.74, 6) is 0.326. The van der Waals surface area contributed by atoms with Gasteiger partial charge in [-0.2, -0.15) is 0 Å². The van der Waals surface area contributed by atoms with E-state index < -0.39 is 9.84 Å². The van der Waals surface area contributed by atoms with E-state index in [0.717, 1.165) is 18.4 Å². The van der Waals surface area contributed by atoms with E-state index >= 15 is 0 Å². The van der Waals surface area contributed by atoms with Gasteiger partial charge in [-0.15, -0.1) is 0 Å². The molecule has 0 aliphatic carbocycles. The SMILES string of the molecule is CCCCN(C(=O)CCc1ccccc1Cl)C1CCS(=O)(=O)C1. The lowest BCUT2D eigenvalue weighted by Crippen LogP contribution is -2.41. The first-order chi connectivity index (χ1) is 10.9. The van der Waals surface area contributed by atoms with E-state index in [1.54, 1.807) is 4.90 Å². The van der Waals surface area contributed by atoms with E-state index in [2.05, 4.69) is 6.92 Å². The van der Waals surface area contributed by atoms with E-state index in [9.17, 15) is 13.2 Å². The van der Waals surface area contributed by atoms with Crippen molar-refractivity contribution in [2.24, 2.45) is 0 Å². The summed E-state index contributed by atoms with van der Waals surface area (Å²) >= 11 is 6.13. The molecule has 0 bridgehead atoms. The van der Waals surface area contributed by atoms with Crippen LogP contribution >= 0.6 is 11.6 Å². The van der Waals surface area contributed by atoms with Gasteiger partial charge in [0.05, 0.1) is 11.5 Å². The van der Waals surface area contributed by atoms with Gasteiger partial charge in [-0.3, -0.25) is 4.79 Å². The summed E-state index contributed by atoms with van der Waals surface area (Å²) in [5, 5.41) is 0.670. The van der Waals surface area contributed by atoms with Crippen LogP contribution in [0.3, 0.4) is 0 Å². The van der Waals surface area contributed by atoms with Crippen LogP contribution in [0.1, 0.15) is 38.2 Å². The lowest BCUT2D eigenvalue weighted by atomic mass is 10.1. The van der Waals surface area contributed by atoms with Gasteiger partial charge >= 0.3 is 0 Å². The molecule has 1 saturated heterocycles. The predicted molar refractivity (Wildman–Crippen MR) is 93.5 cm³/mol. The van der Waals surface area contributed by atoms with Gasteiger partial charge in [-0.1, -0.05) is 43.1 Å². The topological polar surface area (TPSA) is 54.5 Å². The largest absolute Gasteiger partial charge is 0.339 e. The summed E-state index contributed by atoms with van der Waals surface area (Å²) in [7, 11) is -2.99. The number of unbranched alkanes of at least 4 members (excludes halogenated alkanes) is 1. The predicted octanol–water partition coefficient (Wildman–Crippen LogP) is 3.09. The van der Waals surface area contributed by atoms with Crippen molar-refractivity contribution in [1.29, 1.82) is 0 Å². The van der Waals surface area contributed by atoms with Crippen molar-refractivity contribution in [3.05, 3.63) is 34.9 Å². The highest BCUT2D eigenvalue weighted by Gasteiger charge is 2.34. The number of carbonyl (C=O) groups excluding carboxylic acids is 1. The highest BCUT2D eigenvalue weighted by Crippen LogP contribution is 2.21. The van der Waals surface area contributed by atoms with Crippen LogP contribution in [0.2, 0.25) is 5.02 Å².